The molecule has 0 spiro atoms. The lowest BCUT2D eigenvalue weighted by Crippen LogP contribution is -2.41. The third-order valence-corrected chi connectivity index (χ3v) is 6.28. The second-order valence-corrected chi connectivity index (χ2v) is 10.4. The Morgan fingerprint density at radius 3 is 2.36 bits per heavy atom. The third-order valence-electron chi connectivity index (χ3n) is 6.28. The zero-order valence-corrected chi connectivity index (χ0v) is 22.8. The molecule has 39 heavy (non-hydrogen) atoms. The van der Waals surface area contributed by atoms with Crippen molar-refractivity contribution in [2.45, 2.75) is 58.7 Å². The molecule has 9 nitrogen and oxygen atoms in total. The number of nitrogens with zero attached hydrogens (tertiary/aromatic N) is 4. The lowest BCUT2D eigenvalue weighted by atomic mass is 9.93. The molecular weight excluding hydrogens is 508 g/mol. The highest BCUT2D eigenvalue weighted by atomic mass is 19.1. The summed E-state index contributed by atoms with van der Waals surface area (Å²) in [5.41, 5.74) is 1.18. The molecule has 1 saturated heterocycles. The van der Waals surface area contributed by atoms with E-state index in [0.29, 0.717) is 24.7 Å². The standard InChI is InChI=1S/C28H33F2N5O4/c1-17-12-23(37-5)25(30)21(24(17)29)16-38-20-14-32-26(33-15-20)34-19-6-7-22(31-13-19)18-8-10-35(11-9-18)27(36)39-28(2,3)4/h6-7,12-15,18H,8-11,16H2,1-5H3,(H,32,33,34). The van der Waals surface area contributed by atoms with E-state index >= 15 is 0 Å². The van der Waals surface area contributed by atoms with Crippen LogP contribution in [-0.2, 0) is 11.3 Å². The van der Waals surface area contributed by atoms with Gasteiger partial charge in [0.25, 0.3) is 0 Å². The summed E-state index contributed by atoms with van der Waals surface area (Å²) in [6.07, 6.45) is 5.88. The van der Waals surface area contributed by atoms with Crippen LogP contribution in [0.2, 0.25) is 0 Å². The normalized spacial score (nSPS) is 14.2. The van der Waals surface area contributed by atoms with Gasteiger partial charge in [-0.25, -0.2) is 23.5 Å². The number of anilines is 2. The van der Waals surface area contributed by atoms with Crippen LogP contribution in [-0.4, -0.2) is 51.7 Å². The maximum Gasteiger partial charge on any atom is 0.410 e. The number of carbonyl (C=O) groups excluding carboxylic acids is 1. The fourth-order valence-electron chi connectivity index (χ4n) is 4.23. The van der Waals surface area contributed by atoms with Crippen LogP contribution < -0.4 is 14.8 Å². The van der Waals surface area contributed by atoms with Crippen LogP contribution in [0.3, 0.4) is 0 Å². The van der Waals surface area contributed by atoms with Crippen molar-refractivity contribution in [3.63, 3.8) is 0 Å². The van der Waals surface area contributed by atoms with E-state index in [9.17, 15) is 13.6 Å². The molecule has 4 rings (SSSR count). The molecule has 0 atom stereocenters. The van der Waals surface area contributed by atoms with E-state index < -0.39 is 17.2 Å². The molecular formula is C28H33F2N5O4. The SMILES string of the molecule is COc1cc(C)c(F)c(COc2cnc(Nc3ccc(C4CCN(C(=O)OC(C)(C)C)CC4)nc3)nc2)c1F. The number of hydrogen-bond acceptors (Lipinski definition) is 8. The number of rotatable bonds is 7. The van der Waals surface area contributed by atoms with Crippen molar-refractivity contribution in [1.29, 1.82) is 0 Å². The van der Waals surface area contributed by atoms with Gasteiger partial charge in [-0.1, -0.05) is 0 Å². The number of nitrogens with one attached hydrogen (secondary N) is 1. The zero-order chi connectivity index (χ0) is 28.2. The van der Waals surface area contributed by atoms with Gasteiger partial charge in [0.2, 0.25) is 5.95 Å². The highest BCUT2D eigenvalue weighted by Crippen LogP contribution is 2.29. The van der Waals surface area contributed by atoms with Gasteiger partial charge in [0.05, 0.1) is 37.0 Å². The Bertz CT molecular complexity index is 1290. The van der Waals surface area contributed by atoms with E-state index in [1.54, 1.807) is 11.1 Å². The number of halogens is 2. The second-order valence-electron chi connectivity index (χ2n) is 10.4. The Balaban J connectivity index is 1.30. The first kappa shape index (κ1) is 28.0. The van der Waals surface area contributed by atoms with Gasteiger partial charge in [-0.3, -0.25) is 4.98 Å². The fraction of sp³-hybridized carbons (Fsp3) is 0.429. The Morgan fingerprint density at radius 1 is 1.08 bits per heavy atom. The monoisotopic (exact) mass is 541 g/mol. The molecule has 3 heterocycles. The van der Waals surface area contributed by atoms with Crippen molar-refractivity contribution >= 4 is 17.7 Å². The Kier molecular flexibility index (Phi) is 8.47. The van der Waals surface area contributed by atoms with Gasteiger partial charge in [-0.2, -0.15) is 0 Å². The van der Waals surface area contributed by atoms with Crippen LogP contribution in [0.1, 0.15) is 56.4 Å². The molecule has 208 valence electrons. The van der Waals surface area contributed by atoms with Gasteiger partial charge >= 0.3 is 6.09 Å². The number of methoxy groups -OCH3 is 1. The molecule has 1 aliphatic rings. The molecule has 1 aromatic carbocycles. The van der Waals surface area contributed by atoms with E-state index in [-0.39, 0.29) is 41.2 Å². The molecule has 0 saturated carbocycles. The molecule has 0 radical (unpaired) electrons. The van der Waals surface area contributed by atoms with E-state index in [2.05, 4.69) is 20.3 Å². The fourth-order valence-corrected chi connectivity index (χ4v) is 4.23. The number of likely N-dealkylation sites (tertiary alicyclic amines) is 1. The molecule has 1 fully saturated rings. The number of piperidine rings is 1. The summed E-state index contributed by atoms with van der Waals surface area (Å²) in [6.45, 7) is 8.02. The first-order valence-electron chi connectivity index (χ1n) is 12.7. The number of ether oxygens (including phenoxy) is 3. The summed E-state index contributed by atoms with van der Waals surface area (Å²) in [4.78, 5) is 27.0. The number of hydrogen-bond donors (Lipinski definition) is 1. The predicted octanol–water partition coefficient (Wildman–Crippen LogP) is 5.90. The highest BCUT2D eigenvalue weighted by Gasteiger charge is 2.28. The second kappa shape index (κ2) is 11.8. The minimum Gasteiger partial charge on any atom is -0.494 e. The largest absolute Gasteiger partial charge is 0.494 e. The maximum absolute atomic E-state index is 14.5. The average molecular weight is 542 g/mol. The average Bonchev–Trinajstić information content (AvgIpc) is 2.91. The number of aromatic nitrogens is 3. The molecule has 1 amide bonds. The molecule has 3 aromatic rings. The first-order valence-corrected chi connectivity index (χ1v) is 12.7. The van der Waals surface area contributed by atoms with Crippen LogP contribution in [0.25, 0.3) is 0 Å². The van der Waals surface area contributed by atoms with E-state index in [0.717, 1.165) is 18.5 Å². The smallest absolute Gasteiger partial charge is 0.410 e. The molecule has 11 heteroatoms. The molecule has 0 aliphatic carbocycles. The van der Waals surface area contributed by atoms with Crippen LogP contribution >= 0.6 is 0 Å². The van der Waals surface area contributed by atoms with Crippen molar-refractivity contribution in [1.82, 2.24) is 19.9 Å². The first-order chi connectivity index (χ1) is 18.5. The summed E-state index contributed by atoms with van der Waals surface area (Å²) in [5.74, 6) is -0.702. The summed E-state index contributed by atoms with van der Waals surface area (Å²) < 4.78 is 44.8. The summed E-state index contributed by atoms with van der Waals surface area (Å²) in [7, 11) is 1.32. The number of amides is 1. The number of carbonyl (C=O) groups is 1. The van der Waals surface area contributed by atoms with Gasteiger partial charge in [0.15, 0.2) is 17.3 Å². The molecule has 2 aromatic heterocycles. The molecule has 0 unspecified atom stereocenters. The number of pyridine rings is 1. The zero-order valence-electron chi connectivity index (χ0n) is 22.8. The molecule has 1 aliphatic heterocycles. The molecule has 1 N–H and O–H groups in total. The van der Waals surface area contributed by atoms with Crippen molar-refractivity contribution in [2.75, 3.05) is 25.5 Å². The van der Waals surface area contributed by atoms with Crippen molar-refractivity contribution < 1.29 is 27.8 Å². The predicted molar refractivity (Wildman–Crippen MR) is 141 cm³/mol. The molecule has 0 bridgehead atoms. The number of benzene rings is 1. The van der Waals surface area contributed by atoms with Crippen LogP contribution in [0.15, 0.2) is 36.8 Å². The lowest BCUT2D eigenvalue weighted by Gasteiger charge is -2.33. The number of aryl methyl sites for hydroxylation is 1. The van der Waals surface area contributed by atoms with E-state index in [1.165, 1.54) is 32.5 Å². The van der Waals surface area contributed by atoms with Crippen LogP contribution in [0.5, 0.6) is 11.5 Å². The van der Waals surface area contributed by atoms with Crippen molar-refractivity contribution in [3.05, 3.63) is 65.2 Å². The topological polar surface area (TPSA) is 98.7 Å². The summed E-state index contributed by atoms with van der Waals surface area (Å²) in [5, 5.41) is 3.07. The maximum atomic E-state index is 14.5. The van der Waals surface area contributed by atoms with Gasteiger partial charge in [-0.15, -0.1) is 0 Å². The van der Waals surface area contributed by atoms with E-state index in [1.807, 2.05) is 32.9 Å². The van der Waals surface area contributed by atoms with Crippen molar-refractivity contribution in [2.24, 2.45) is 0 Å². The summed E-state index contributed by atoms with van der Waals surface area (Å²) in [6, 6.07) is 5.15. The Labute approximate surface area is 226 Å². The van der Waals surface area contributed by atoms with Gasteiger partial charge in [0.1, 0.15) is 18.0 Å². The highest BCUT2D eigenvalue weighted by molar-refractivity contribution is 5.68. The summed E-state index contributed by atoms with van der Waals surface area (Å²) >= 11 is 0. The minimum atomic E-state index is -0.802. The lowest BCUT2D eigenvalue weighted by molar-refractivity contribution is 0.0204. The van der Waals surface area contributed by atoms with Gasteiger partial charge in [0, 0.05) is 24.7 Å². The van der Waals surface area contributed by atoms with Gasteiger partial charge in [-0.05, 0) is 64.3 Å². The van der Waals surface area contributed by atoms with Gasteiger partial charge < -0.3 is 24.4 Å². The van der Waals surface area contributed by atoms with Crippen LogP contribution in [0.4, 0.5) is 25.2 Å². The van der Waals surface area contributed by atoms with Crippen molar-refractivity contribution in [3.8, 4) is 11.5 Å². The third kappa shape index (κ3) is 7.10. The Morgan fingerprint density at radius 2 is 1.77 bits per heavy atom. The minimum absolute atomic E-state index is 0.0471. The van der Waals surface area contributed by atoms with E-state index in [4.69, 9.17) is 14.2 Å². The van der Waals surface area contributed by atoms with Crippen LogP contribution in [0, 0.1) is 18.6 Å². The Hall–Kier alpha value is -4.02. The quantitative estimate of drug-likeness (QED) is 0.395.